The topological polar surface area (TPSA) is 75.6 Å². The molecule has 0 heterocycles. The minimum atomic E-state index is -0.886. The van der Waals surface area contributed by atoms with Crippen molar-refractivity contribution in [3.8, 4) is 5.75 Å². The fourth-order valence-electron chi connectivity index (χ4n) is 2.28. The molecule has 21 heavy (non-hydrogen) atoms. The number of nitrogens with one attached hydrogen (secondary N) is 1. The SMILES string of the molecule is Cc1ccc(C)c(OCC(=O)NC(CC(=O)O)C2CC2)c1. The third kappa shape index (κ3) is 4.77. The van der Waals surface area contributed by atoms with Crippen LogP contribution < -0.4 is 10.1 Å². The largest absolute Gasteiger partial charge is 0.483 e. The first-order valence-electron chi connectivity index (χ1n) is 7.17. The van der Waals surface area contributed by atoms with Crippen LogP contribution in [0, 0.1) is 19.8 Å². The van der Waals surface area contributed by atoms with Gasteiger partial charge in [-0.3, -0.25) is 9.59 Å². The number of rotatable bonds is 7. The van der Waals surface area contributed by atoms with Crippen LogP contribution in [0.4, 0.5) is 0 Å². The lowest BCUT2D eigenvalue weighted by molar-refractivity contribution is -0.138. The predicted molar refractivity (Wildman–Crippen MR) is 78.3 cm³/mol. The summed E-state index contributed by atoms with van der Waals surface area (Å²) in [4.78, 5) is 22.7. The van der Waals surface area contributed by atoms with E-state index in [1.54, 1.807) is 0 Å². The molecule has 0 saturated heterocycles. The number of carboxylic acid groups (broad SMARTS) is 1. The quantitative estimate of drug-likeness (QED) is 0.806. The molecule has 1 unspecified atom stereocenters. The van der Waals surface area contributed by atoms with Crippen LogP contribution in [0.25, 0.3) is 0 Å². The summed E-state index contributed by atoms with van der Waals surface area (Å²) in [5, 5.41) is 11.6. The Kier molecular flexibility index (Phi) is 4.83. The van der Waals surface area contributed by atoms with Gasteiger partial charge >= 0.3 is 5.97 Å². The summed E-state index contributed by atoms with van der Waals surface area (Å²) >= 11 is 0. The summed E-state index contributed by atoms with van der Waals surface area (Å²) in [7, 11) is 0. The first-order valence-corrected chi connectivity index (χ1v) is 7.17. The molecule has 1 aromatic rings. The Morgan fingerprint density at radius 3 is 2.71 bits per heavy atom. The maximum absolute atomic E-state index is 11.9. The molecule has 0 bridgehead atoms. The Morgan fingerprint density at radius 2 is 2.10 bits per heavy atom. The second kappa shape index (κ2) is 6.61. The normalized spacial score (nSPS) is 15.3. The van der Waals surface area contributed by atoms with E-state index in [0.717, 1.165) is 24.0 Å². The summed E-state index contributed by atoms with van der Waals surface area (Å²) in [6.07, 6.45) is 1.94. The molecule has 0 spiro atoms. The summed E-state index contributed by atoms with van der Waals surface area (Å²) in [6.45, 7) is 3.79. The smallest absolute Gasteiger partial charge is 0.305 e. The number of carboxylic acids is 1. The van der Waals surface area contributed by atoms with E-state index in [1.807, 2.05) is 32.0 Å². The van der Waals surface area contributed by atoms with Gasteiger partial charge in [-0.15, -0.1) is 0 Å². The molecule has 1 fully saturated rings. The van der Waals surface area contributed by atoms with Gasteiger partial charge in [0.1, 0.15) is 5.75 Å². The number of carbonyl (C=O) groups excluding carboxylic acids is 1. The van der Waals surface area contributed by atoms with Crippen LogP contribution in [0.3, 0.4) is 0 Å². The molecule has 1 saturated carbocycles. The molecular weight excluding hydrogens is 270 g/mol. The van der Waals surface area contributed by atoms with Crippen molar-refractivity contribution in [2.75, 3.05) is 6.61 Å². The van der Waals surface area contributed by atoms with E-state index in [2.05, 4.69) is 5.32 Å². The Bertz CT molecular complexity index is 537. The maximum Gasteiger partial charge on any atom is 0.305 e. The van der Waals surface area contributed by atoms with Crippen molar-refractivity contribution in [2.24, 2.45) is 5.92 Å². The van der Waals surface area contributed by atoms with Gasteiger partial charge in [0.15, 0.2) is 6.61 Å². The number of hydrogen-bond donors (Lipinski definition) is 2. The van der Waals surface area contributed by atoms with Gasteiger partial charge in [-0.05, 0) is 49.8 Å². The number of ether oxygens (including phenoxy) is 1. The van der Waals surface area contributed by atoms with E-state index in [1.165, 1.54) is 0 Å². The maximum atomic E-state index is 11.9. The first kappa shape index (κ1) is 15.4. The lowest BCUT2D eigenvalue weighted by Gasteiger charge is -2.17. The third-order valence-corrected chi connectivity index (χ3v) is 3.63. The fraction of sp³-hybridized carbons (Fsp3) is 0.500. The van der Waals surface area contributed by atoms with Crippen LogP contribution in [0.2, 0.25) is 0 Å². The van der Waals surface area contributed by atoms with Crippen LogP contribution in [0.1, 0.15) is 30.4 Å². The van der Waals surface area contributed by atoms with Crippen LogP contribution in [0.15, 0.2) is 18.2 Å². The number of carbonyl (C=O) groups is 2. The van der Waals surface area contributed by atoms with Crippen molar-refractivity contribution in [3.05, 3.63) is 29.3 Å². The summed E-state index contributed by atoms with van der Waals surface area (Å²) in [5.41, 5.74) is 2.04. The molecule has 0 aromatic heterocycles. The van der Waals surface area contributed by atoms with E-state index in [0.29, 0.717) is 11.7 Å². The number of amides is 1. The average molecular weight is 291 g/mol. The first-order chi connectivity index (χ1) is 9.95. The third-order valence-electron chi connectivity index (χ3n) is 3.63. The lowest BCUT2D eigenvalue weighted by Crippen LogP contribution is -2.40. The van der Waals surface area contributed by atoms with E-state index in [-0.39, 0.29) is 25.0 Å². The molecule has 5 nitrogen and oxygen atoms in total. The highest BCUT2D eigenvalue weighted by Crippen LogP contribution is 2.34. The Balaban J connectivity index is 1.86. The van der Waals surface area contributed by atoms with Crippen LogP contribution in [0.5, 0.6) is 5.75 Å². The van der Waals surface area contributed by atoms with Gasteiger partial charge < -0.3 is 15.2 Å². The molecule has 1 aromatic carbocycles. The van der Waals surface area contributed by atoms with Crippen LogP contribution in [-0.4, -0.2) is 29.6 Å². The van der Waals surface area contributed by atoms with E-state index in [4.69, 9.17) is 9.84 Å². The van der Waals surface area contributed by atoms with Gasteiger partial charge in [0.05, 0.1) is 6.42 Å². The van der Waals surface area contributed by atoms with Crippen molar-refractivity contribution in [3.63, 3.8) is 0 Å². The minimum absolute atomic E-state index is 0.0279. The number of hydrogen-bond acceptors (Lipinski definition) is 3. The number of aryl methyl sites for hydroxylation is 2. The van der Waals surface area contributed by atoms with Crippen LogP contribution in [-0.2, 0) is 9.59 Å². The van der Waals surface area contributed by atoms with Crippen molar-refractivity contribution < 1.29 is 19.4 Å². The van der Waals surface area contributed by atoms with E-state index in [9.17, 15) is 9.59 Å². The standard InChI is InChI=1S/C16H21NO4/c1-10-3-4-11(2)14(7-10)21-9-15(18)17-13(8-16(19)20)12-5-6-12/h3-4,7,12-13H,5-6,8-9H2,1-2H3,(H,17,18)(H,19,20). The number of aliphatic carboxylic acids is 1. The van der Waals surface area contributed by atoms with Crippen molar-refractivity contribution in [2.45, 2.75) is 39.2 Å². The van der Waals surface area contributed by atoms with Gasteiger partial charge in [-0.1, -0.05) is 12.1 Å². The number of benzene rings is 1. The van der Waals surface area contributed by atoms with Gasteiger partial charge in [0.25, 0.3) is 5.91 Å². The van der Waals surface area contributed by atoms with Crippen molar-refractivity contribution in [1.29, 1.82) is 0 Å². The van der Waals surface area contributed by atoms with Gasteiger partial charge in [0.2, 0.25) is 0 Å². The zero-order chi connectivity index (χ0) is 15.4. The second-order valence-corrected chi connectivity index (χ2v) is 5.67. The van der Waals surface area contributed by atoms with Gasteiger partial charge in [-0.2, -0.15) is 0 Å². The van der Waals surface area contributed by atoms with Gasteiger partial charge in [-0.25, -0.2) is 0 Å². The molecular formula is C16H21NO4. The molecule has 1 amide bonds. The molecule has 2 rings (SSSR count). The fourth-order valence-corrected chi connectivity index (χ4v) is 2.28. The average Bonchev–Trinajstić information content (AvgIpc) is 3.23. The molecule has 5 heteroatoms. The van der Waals surface area contributed by atoms with Crippen molar-refractivity contribution in [1.82, 2.24) is 5.32 Å². The highest BCUT2D eigenvalue weighted by molar-refractivity contribution is 5.79. The molecule has 0 radical (unpaired) electrons. The highest BCUT2D eigenvalue weighted by Gasteiger charge is 2.33. The Hall–Kier alpha value is -2.04. The molecule has 0 aliphatic heterocycles. The van der Waals surface area contributed by atoms with Crippen molar-refractivity contribution >= 4 is 11.9 Å². The second-order valence-electron chi connectivity index (χ2n) is 5.67. The molecule has 1 aliphatic carbocycles. The zero-order valence-corrected chi connectivity index (χ0v) is 12.4. The molecule has 1 aliphatic rings. The van der Waals surface area contributed by atoms with E-state index >= 15 is 0 Å². The minimum Gasteiger partial charge on any atom is -0.483 e. The summed E-state index contributed by atoms with van der Waals surface area (Å²) in [5.74, 6) is -0.172. The predicted octanol–water partition coefficient (Wildman–Crippen LogP) is 2.05. The summed E-state index contributed by atoms with van der Waals surface area (Å²) < 4.78 is 5.53. The highest BCUT2D eigenvalue weighted by atomic mass is 16.5. The Labute approximate surface area is 124 Å². The van der Waals surface area contributed by atoms with E-state index < -0.39 is 5.97 Å². The monoisotopic (exact) mass is 291 g/mol. The molecule has 2 N–H and O–H groups in total. The Morgan fingerprint density at radius 1 is 1.38 bits per heavy atom. The van der Waals surface area contributed by atoms with Gasteiger partial charge in [0, 0.05) is 6.04 Å². The summed E-state index contributed by atoms with van der Waals surface area (Å²) in [6, 6.07) is 5.54. The molecule has 114 valence electrons. The van der Waals surface area contributed by atoms with Crippen LogP contribution >= 0.6 is 0 Å². The zero-order valence-electron chi connectivity index (χ0n) is 12.4. The lowest BCUT2D eigenvalue weighted by atomic mass is 10.1. The molecule has 1 atom stereocenters.